The number of nitrogens with zero attached hydrogens (tertiary/aromatic N) is 4. The molecule has 0 saturated carbocycles. The van der Waals surface area contributed by atoms with E-state index >= 15 is 0 Å². The van der Waals surface area contributed by atoms with E-state index in [4.69, 9.17) is 11.6 Å². The lowest BCUT2D eigenvalue weighted by Gasteiger charge is -2.21. The molecule has 0 N–H and O–H groups in total. The van der Waals surface area contributed by atoms with Gasteiger partial charge in [0, 0.05) is 32.2 Å². The molecule has 2 rings (SSSR count). The minimum absolute atomic E-state index is 0.0856. The maximum atomic E-state index is 12.7. The Hall–Kier alpha value is -1.16. The first-order chi connectivity index (χ1) is 9.78. The van der Waals surface area contributed by atoms with Gasteiger partial charge in [-0.3, -0.25) is 9.20 Å². The molecule has 7 nitrogen and oxygen atoms in total. The summed E-state index contributed by atoms with van der Waals surface area (Å²) < 4.78 is 28.0. The molecular formula is C11H15ClN4O3S2. The van der Waals surface area contributed by atoms with Crippen molar-refractivity contribution in [3.05, 3.63) is 16.7 Å². The monoisotopic (exact) mass is 350 g/mol. The largest absolute Gasteiger partial charge is 0.348 e. The van der Waals surface area contributed by atoms with E-state index in [0.29, 0.717) is 4.96 Å². The van der Waals surface area contributed by atoms with Crippen molar-refractivity contribution in [3.8, 4) is 0 Å². The molecular weight excluding hydrogens is 336 g/mol. The van der Waals surface area contributed by atoms with Crippen molar-refractivity contribution in [3.63, 3.8) is 0 Å². The lowest BCUT2D eigenvalue weighted by atomic mass is 10.5. The van der Waals surface area contributed by atoms with Gasteiger partial charge in [-0.25, -0.2) is 13.4 Å². The minimum atomic E-state index is -3.90. The zero-order valence-corrected chi connectivity index (χ0v) is 14.2. The van der Waals surface area contributed by atoms with Gasteiger partial charge in [0.2, 0.25) is 5.91 Å². The molecule has 0 radical (unpaired) electrons. The molecule has 1 amide bonds. The number of carbonyl (C=O) groups is 1. The van der Waals surface area contributed by atoms with E-state index in [1.165, 1.54) is 20.6 Å². The SMILES string of the molecule is CCN(CC(=O)N(C)C)S(=O)(=O)c1c(Cl)nc2sccn12. The lowest BCUT2D eigenvalue weighted by Crippen LogP contribution is -2.40. The third-order valence-corrected chi connectivity index (χ3v) is 6.00. The molecule has 0 atom stereocenters. The summed E-state index contributed by atoms with van der Waals surface area (Å²) >= 11 is 7.25. The normalized spacial score (nSPS) is 12.2. The number of amides is 1. The molecule has 2 aromatic rings. The molecule has 0 aromatic carbocycles. The quantitative estimate of drug-likeness (QED) is 0.810. The summed E-state index contributed by atoms with van der Waals surface area (Å²) in [5, 5.41) is 1.53. The summed E-state index contributed by atoms with van der Waals surface area (Å²) in [6.45, 7) is 1.59. The van der Waals surface area contributed by atoms with Crippen LogP contribution in [0.5, 0.6) is 0 Å². The van der Waals surface area contributed by atoms with Gasteiger partial charge in [0.15, 0.2) is 15.1 Å². The molecule has 0 fully saturated rings. The number of carbonyl (C=O) groups excluding carboxylic acids is 1. The average Bonchev–Trinajstić information content (AvgIpc) is 2.94. The maximum Gasteiger partial charge on any atom is 0.262 e. The highest BCUT2D eigenvalue weighted by atomic mass is 35.5. The molecule has 0 saturated heterocycles. The number of halogens is 1. The number of aromatic nitrogens is 2. The summed E-state index contributed by atoms with van der Waals surface area (Å²) in [7, 11) is -0.752. The Morgan fingerprint density at radius 2 is 2.14 bits per heavy atom. The Bertz CT molecular complexity index is 766. The topological polar surface area (TPSA) is 75.0 Å². The summed E-state index contributed by atoms with van der Waals surface area (Å²) in [4.78, 5) is 17.6. The van der Waals surface area contributed by atoms with Gasteiger partial charge in [-0.05, 0) is 0 Å². The van der Waals surface area contributed by atoms with Crippen LogP contribution in [0.2, 0.25) is 5.15 Å². The molecule has 0 aliphatic rings. The predicted molar refractivity (Wildman–Crippen MR) is 81.2 cm³/mol. The highest BCUT2D eigenvalue weighted by Crippen LogP contribution is 2.27. The fraction of sp³-hybridized carbons (Fsp3) is 0.455. The first-order valence-electron chi connectivity index (χ1n) is 6.10. The van der Waals surface area contributed by atoms with E-state index in [2.05, 4.69) is 4.98 Å². The van der Waals surface area contributed by atoms with Gasteiger partial charge < -0.3 is 4.90 Å². The average molecular weight is 351 g/mol. The standard InChI is InChI=1S/C11H15ClN4O3S2/c1-4-15(7-8(17)14(2)3)21(18,19)10-9(12)13-11-16(10)5-6-20-11/h5-6H,4,7H2,1-3H3. The van der Waals surface area contributed by atoms with Crippen molar-refractivity contribution in [2.24, 2.45) is 0 Å². The Labute approximate surface area is 131 Å². The van der Waals surface area contributed by atoms with Crippen molar-refractivity contribution in [2.75, 3.05) is 27.2 Å². The number of hydrogen-bond donors (Lipinski definition) is 0. The number of likely N-dealkylation sites (N-methyl/N-ethyl adjacent to an activating group) is 2. The molecule has 10 heteroatoms. The Kier molecular flexibility index (Phi) is 4.57. The highest BCUT2D eigenvalue weighted by molar-refractivity contribution is 7.89. The van der Waals surface area contributed by atoms with Gasteiger partial charge in [-0.15, -0.1) is 11.3 Å². The van der Waals surface area contributed by atoms with Crippen LogP contribution in [-0.2, 0) is 14.8 Å². The number of sulfonamides is 1. The van der Waals surface area contributed by atoms with Crippen LogP contribution in [0, 0.1) is 0 Å². The van der Waals surface area contributed by atoms with Gasteiger partial charge in [0.25, 0.3) is 10.0 Å². The van der Waals surface area contributed by atoms with Gasteiger partial charge >= 0.3 is 0 Å². The van der Waals surface area contributed by atoms with Crippen molar-refractivity contribution >= 4 is 43.8 Å². The van der Waals surface area contributed by atoms with Crippen molar-refractivity contribution < 1.29 is 13.2 Å². The van der Waals surface area contributed by atoms with E-state index in [-0.39, 0.29) is 29.2 Å². The second-order valence-electron chi connectivity index (χ2n) is 4.48. The molecule has 0 bridgehead atoms. The number of rotatable bonds is 5. The van der Waals surface area contributed by atoms with Gasteiger partial charge in [0.05, 0.1) is 6.54 Å². The van der Waals surface area contributed by atoms with Crippen LogP contribution in [0.3, 0.4) is 0 Å². The smallest absolute Gasteiger partial charge is 0.262 e. The van der Waals surface area contributed by atoms with Crippen LogP contribution in [0.4, 0.5) is 0 Å². The Morgan fingerprint density at radius 3 is 2.71 bits per heavy atom. The molecule has 21 heavy (non-hydrogen) atoms. The summed E-state index contributed by atoms with van der Waals surface area (Å²) in [5.74, 6) is -0.303. The van der Waals surface area contributed by atoms with Crippen LogP contribution in [0.25, 0.3) is 4.96 Å². The van der Waals surface area contributed by atoms with Crippen LogP contribution in [0.15, 0.2) is 16.6 Å². The van der Waals surface area contributed by atoms with Crippen LogP contribution < -0.4 is 0 Å². The maximum absolute atomic E-state index is 12.7. The van der Waals surface area contributed by atoms with Crippen molar-refractivity contribution in [1.82, 2.24) is 18.6 Å². The first kappa shape index (κ1) is 16.2. The zero-order valence-electron chi connectivity index (χ0n) is 11.8. The van der Waals surface area contributed by atoms with E-state index in [1.54, 1.807) is 32.6 Å². The zero-order chi connectivity index (χ0) is 15.8. The lowest BCUT2D eigenvalue weighted by molar-refractivity contribution is -0.128. The third-order valence-electron chi connectivity index (χ3n) is 2.93. The molecule has 0 aliphatic heterocycles. The highest BCUT2D eigenvalue weighted by Gasteiger charge is 2.32. The fourth-order valence-corrected chi connectivity index (χ4v) is 4.56. The first-order valence-corrected chi connectivity index (χ1v) is 8.80. The predicted octanol–water partition coefficient (Wildman–Crippen LogP) is 1.15. The molecule has 0 unspecified atom stereocenters. The minimum Gasteiger partial charge on any atom is -0.348 e. The van der Waals surface area contributed by atoms with Crippen LogP contribution in [-0.4, -0.2) is 60.1 Å². The summed E-state index contributed by atoms with van der Waals surface area (Å²) in [5.41, 5.74) is 0. The van der Waals surface area contributed by atoms with E-state index in [1.807, 2.05) is 0 Å². The molecule has 2 heterocycles. The van der Waals surface area contributed by atoms with Crippen molar-refractivity contribution in [2.45, 2.75) is 11.9 Å². The molecule has 0 aliphatic carbocycles. The summed E-state index contributed by atoms with van der Waals surface area (Å²) in [6.07, 6.45) is 1.59. The number of hydrogen-bond acceptors (Lipinski definition) is 5. The molecule has 0 spiro atoms. The summed E-state index contributed by atoms with van der Waals surface area (Å²) in [6, 6.07) is 0. The number of thiazole rings is 1. The Morgan fingerprint density at radius 1 is 1.48 bits per heavy atom. The van der Waals surface area contributed by atoms with E-state index in [9.17, 15) is 13.2 Å². The van der Waals surface area contributed by atoms with Crippen LogP contribution >= 0.6 is 22.9 Å². The van der Waals surface area contributed by atoms with Gasteiger partial charge in [-0.1, -0.05) is 18.5 Å². The number of imidazole rings is 1. The van der Waals surface area contributed by atoms with Crippen molar-refractivity contribution in [1.29, 1.82) is 0 Å². The number of fused-ring (bicyclic) bond motifs is 1. The van der Waals surface area contributed by atoms with Gasteiger partial charge in [-0.2, -0.15) is 4.31 Å². The third kappa shape index (κ3) is 2.91. The van der Waals surface area contributed by atoms with Crippen LogP contribution in [0.1, 0.15) is 6.92 Å². The van der Waals surface area contributed by atoms with Gasteiger partial charge in [0.1, 0.15) is 0 Å². The molecule has 116 valence electrons. The molecule has 2 aromatic heterocycles. The second-order valence-corrected chi connectivity index (χ2v) is 7.57. The Balaban J connectivity index is 2.46. The van der Waals surface area contributed by atoms with E-state index < -0.39 is 10.0 Å². The fourth-order valence-electron chi connectivity index (χ4n) is 1.75. The van der Waals surface area contributed by atoms with E-state index in [0.717, 1.165) is 4.31 Å². The second kappa shape index (κ2) is 5.91.